The first-order valence-electron chi connectivity index (χ1n) is 17.7. The number of carbonyl (C=O) groups excluding carboxylic acids is 5. The van der Waals surface area contributed by atoms with Crippen molar-refractivity contribution >= 4 is 41.3 Å². The number of ether oxygens (including phenoxy) is 1. The number of hydrogen-bond acceptors (Lipinski definition) is 10. The van der Waals surface area contributed by atoms with Crippen molar-refractivity contribution in [1.82, 2.24) is 21.3 Å². The maximum absolute atomic E-state index is 13.5. The van der Waals surface area contributed by atoms with Crippen LogP contribution in [0.3, 0.4) is 0 Å². The molecule has 4 amide bonds. The predicted octanol–water partition coefficient (Wildman–Crippen LogP) is 1.58. The number of benzene rings is 2. The third-order valence-corrected chi connectivity index (χ3v) is 8.22. The lowest BCUT2D eigenvalue weighted by Crippen LogP contribution is -2.53. The molecule has 0 bridgehead atoms. The Labute approximate surface area is 305 Å². The highest BCUT2D eigenvalue weighted by Crippen LogP contribution is 2.22. The van der Waals surface area contributed by atoms with E-state index in [0.717, 1.165) is 36.0 Å². The molecule has 15 nitrogen and oxygen atoms in total. The minimum absolute atomic E-state index is 0.00918. The lowest BCUT2D eigenvalue weighted by molar-refractivity contribution is -0.145. The second-order valence-electron chi connectivity index (χ2n) is 12.7. The van der Waals surface area contributed by atoms with Gasteiger partial charge in [0.15, 0.2) is 0 Å². The van der Waals surface area contributed by atoms with Gasteiger partial charge in [0.1, 0.15) is 12.1 Å². The summed E-state index contributed by atoms with van der Waals surface area (Å²) in [6.45, 7) is 4.57. The van der Waals surface area contributed by atoms with Crippen molar-refractivity contribution in [3.8, 4) is 11.1 Å². The number of methoxy groups -OCH3 is 1. The van der Waals surface area contributed by atoms with Gasteiger partial charge in [0.25, 0.3) is 0 Å². The van der Waals surface area contributed by atoms with Crippen molar-refractivity contribution in [2.45, 2.75) is 95.8 Å². The summed E-state index contributed by atoms with van der Waals surface area (Å²) in [5.74, 6) is -3.47. The first-order valence-corrected chi connectivity index (χ1v) is 17.7. The molecule has 0 aromatic heterocycles. The zero-order valence-electron chi connectivity index (χ0n) is 30.4. The summed E-state index contributed by atoms with van der Waals surface area (Å²) in [5.41, 5.74) is 15.6. The van der Waals surface area contributed by atoms with E-state index in [-0.39, 0.29) is 50.6 Å². The largest absolute Gasteiger partial charge is 0.481 e. The maximum Gasteiger partial charge on any atom is 0.328 e. The molecule has 2 aromatic rings. The van der Waals surface area contributed by atoms with E-state index in [1.807, 2.05) is 36.4 Å². The van der Waals surface area contributed by atoms with Crippen LogP contribution in [-0.2, 0) is 39.9 Å². The number of nitrogens with two attached hydrogens (primary N) is 2. The van der Waals surface area contributed by atoms with Crippen molar-refractivity contribution in [3.05, 3.63) is 54.1 Å². The third-order valence-electron chi connectivity index (χ3n) is 8.22. The van der Waals surface area contributed by atoms with Crippen LogP contribution < -0.4 is 38.1 Å². The first-order chi connectivity index (χ1) is 24.8. The number of carboxylic acids is 1. The van der Waals surface area contributed by atoms with Crippen molar-refractivity contribution < 1.29 is 38.6 Å². The van der Waals surface area contributed by atoms with Crippen LogP contribution in [-0.4, -0.2) is 91.6 Å². The summed E-state index contributed by atoms with van der Waals surface area (Å²) in [4.78, 5) is 73.4. The predicted molar refractivity (Wildman–Crippen MR) is 198 cm³/mol. The molecular formula is C37H55N7O8. The van der Waals surface area contributed by atoms with Crippen LogP contribution in [0.1, 0.15) is 70.8 Å². The van der Waals surface area contributed by atoms with Crippen molar-refractivity contribution in [1.29, 1.82) is 0 Å². The minimum atomic E-state index is -1.08. The fourth-order valence-electron chi connectivity index (χ4n) is 5.27. The lowest BCUT2D eigenvalue weighted by atomic mass is 9.99. The van der Waals surface area contributed by atoms with Gasteiger partial charge in [-0.3, -0.25) is 24.0 Å². The van der Waals surface area contributed by atoms with E-state index < -0.39 is 47.8 Å². The zero-order chi connectivity index (χ0) is 38.5. The Balaban J connectivity index is 2.10. The molecule has 0 aliphatic carbocycles. The molecule has 2 aromatic carbocycles. The Morgan fingerprint density at radius 3 is 2.04 bits per heavy atom. The highest BCUT2D eigenvalue weighted by atomic mass is 16.5. The summed E-state index contributed by atoms with van der Waals surface area (Å²) < 4.78 is 4.79. The number of hydrogen-bond donors (Lipinski definition) is 8. The van der Waals surface area contributed by atoms with Crippen LogP contribution in [0.25, 0.3) is 11.1 Å². The highest BCUT2D eigenvalue weighted by Gasteiger charge is 2.26. The fraction of sp³-hybridized carbons (Fsp3) is 0.514. The third kappa shape index (κ3) is 16.9. The van der Waals surface area contributed by atoms with E-state index in [1.54, 1.807) is 12.1 Å². The molecule has 4 atom stereocenters. The van der Waals surface area contributed by atoms with E-state index >= 15 is 0 Å². The normalized spacial score (nSPS) is 13.2. The Kier molecular flexibility index (Phi) is 19.6. The van der Waals surface area contributed by atoms with Gasteiger partial charge in [-0.25, -0.2) is 4.79 Å². The number of carboxylic acid groups (broad SMARTS) is 1. The summed E-state index contributed by atoms with van der Waals surface area (Å²) >= 11 is 0. The van der Waals surface area contributed by atoms with E-state index in [1.165, 1.54) is 14.0 Å². The highest BCUT2D eigenvalue weighted by molar-refractivity contribution is 5.90. The molecule has 0 heterocycles. The maximum atomic E-state index is 13.5. The van der Waals surface area contributed by atoms with Gasteiger partial charge in [-0.2, -0.15) is 0 Å². The standard InChI is InChI=1S/C37H55N7O8/c1-4-5-7-28(38)23-40-20-18-30(39)35(49)44-32(22-25-10-12-26(13-11-25)27-14-16-29(17-15-27)42-24(2)45)36(50)41-21-19-31(37(51)52-3)43-33(46)8-6-9-34(47)48/h10-17,28,30-32,40H,4-9,18-23,38-39H2,1-3H3,(H,41,50)(H,42,45)(H,43,46)(H,44,49)(H,47,48)/t28-,30-,31+,32+/m0/s1. The molecular weight excluding hydrogens is 670 g/mol. The smallest absolute Gasteiger partial charge is 0.328 e. The van der Waals surface area contributed by atoms with Crippen molar-refractivity contribution in [2.24, 2.45) is 11.5 Å². The van der Waals surface area contributed by atoms with Gasteiger partial charge >= 0.3 is 11.9 Å². The molecule has 0 fully saturated rings. The molecule has 10 N–H and O–H groups in total. The molecule has 0 saturated heterocycles. The molecule has 2 rings (SSSR count). The van der Waals surface area contributed by atoms with Crippen LogP contribution in [0.2, 0.25) is 0 Å². The van der Waals surface area contributed by atoms with Crippen LogP contribution in [0, 0.1) is 0 Å². The lowest BCUT2D eigenvalue weighted by Gasteiger charge is -2.22. The number of rotatable bonds is 24. The number of anilines is 1. The van der Waals surface area contributed by atoms with Crippen molar-refractivity contribution in [3.63, 3.8) is 0 Å². The Bertz CT molecular complexity index is 1450. The zero-order valence-corrected chi connectivity index (χ0v) is 30.4. The monoisotopic (exact) mass is 725 g/mol. The molecule has 286 valence electrons. The quantitative estimate of drug-likeness (QED) is 0.0571. The molecule has 0 radical (unpaired) electrons. The molecule has 0 unspecified atom stereocenters. The number of unbranched alkanes of at least 4 members (excludes halogenated alkanes) is 1. The van der Waals surface area contributed by atoms with Gasteiger partial charge in [0.2, 0.25) is 23.6 Å². The Hall–Kier alpha value is -4.86. The number of nitrogens with one attached hydrogen (secondary N) is 5. The summed E-state index contributed by atoms with van der Waals surface area (Å²) in [6.07, 6.45) is 3.26. The number of carbonyl (C=O) groups is 6. The number of esters is 1. The van der Waals surface area contributed by atoms with Gasteiger partial charge < -0.3 is 47.9 Å². The van der Waals surface area contributed by atoms with Crippen molar-refractivity contribution in [2.75, 3.05) is 32.1 Å². The molecule has 0 aliphatic rings. The average Bonchev–Trinajstić information content (AvgIpc) is 3.11. The molecule has 52 heavy (non-hydrogen) atoms. The van der Waals surface area contributed by atoms with Gasteiger partial charge in [-0.1, -0.05) is 56.2 Å². The minimum Gasteiger partial charge on any atom is -0.481 e. The van der Waals surface area contributed by atoms with Crippen LogP contribution in [0.5, 0.6) is 0 Å². The summed E-state index contributed by atoms with van der Waals surface area (Å²) in [7, 11) is 1.17. The second kappa shape index (κ2) is 23.6. The number of aliphatic carboxylic acids is 1. The van der Waals surface area contributed by atoms with Gasteiger partial charge in [0, 0.05) is 51.0 Å². The topological polar surface area (TPSA) is 244 Å². The Morgan fingerprint density at radius 1 is 0.788 bits per heavy atom. The Morgan fingerprint density at radius 2 is 1.44 bits per heavy atom. The molecule has 0 aliphatic heterocycles. The summed E-state index contributed by atoms with van der Waals surface area (Å²) in [6, 6.07) is 11.9. The van der Waals surface area contributed by atoms with Crippen LogP contribution >= 0.6 is 0 Å². The van der Waals surface area contributed by atoms with Crippen LogP contribution in [0.4, 0.5) is 5.69 Å². The summed E-state index contributed by atoms with van der Waals surface area (Å²) in [5, 5.41) is 22.8. The van der Waals surface area contributed by atoms with Gasteiger partial charge in [-0.05, 0) is 61.1 Å². The van der Waals surface area contributed by atoms with E-state index in [2.05, 4.69) is 33.5 Å². The first kappa shape index (κ1) is 43.3. The number of amides is 4. The van der Waals surface area contributed by atoms with Crippen LogP contribution in [0.15, 0.2) is 48.5 Å². The van der Waals surface area contributed by atoms with E-state index in [9.17, 15) is 28.8 Å². The van der Waals surface area contributed by atoms with Gasteiger partial charge in [-0.15, -0.1) is 0 Å². The molecule has 15 heteroatoms. The van der Waals surface area contributed by atoms with Gasteiger partial charge in [0.05, 0.1) is 13.2 Å². The average molecular weight is 726 g/mol. The SMILES string of the molecule is CCCC[C@H](N)CNCC[C@H](N)C(=O)N[C@H](Cc1ccc(-c2ccc(NC(C)=O)cc2)cc1)C(=O)NCC[C@@H](NC(=O)CCCC(=O)O)C(=O)OC. The fourth-order valence-corrected chi connectivity index (χ4v) is 5.27. The second-order valence-corrected chi connectivity index (χ2v) is 12.7. The van der Waals surface area contributed by atoms with E-state index in [4.69, 9.17) is 21.3 Å². The molecule has 0 spiro atoms. The molecule has 0 saturated carbocycles. The van der Waals surface area contributed by atoms with E-state index in [0.29, 0.717) is 25.2 Å².